The molecule has 0 radical (unpaired) electrons. The van der Waals surface area contributed by atoms with Gasteiger partial charge < -0.3 is 15.0 Å². The highest BCUT2D eigenvalue weighted by atomic mass is 35.5. The molecule has 28 heavy (non-hydrogen) atoms. The van der Waals surface area contributed by atoms with E-state index in [1.807, 2.05) is 24.3 Å². The van der Waals surface area contributed by atoms with Crippen molar-refractivity contribution in [2.45, 2.75) is 0 Å². The molecule has 142 valence electrons. The summed E-state index contributed by atoms with van der Waals surface area (Å²) < 4.78 is 4.84. The first-order valence-corrected chi connectivity index (χ1v) is 9.23. The van der Waals surface area contributed by atoms with Gasteiger partial charge in [0, 0.05) is 21.2 Å². The molecule has 0 spiro atoms. The third-order valence-electron chi connectivity index (χ3n) is 4.59. The summed E-state index contributed by atoms with van der Waals surface area (Å²) in [7, 11) is 1.27. The van der Waals surface area contributed by atoms with Gasteiger partial charge in [0.05, 0.1) is 30.8 Å². The number of methoxy groups -OCH3 is 1. The van der Waals surface area contributed by atoms with Crippen LogP contribution in [0.4, 0.5) is 5.69 Å². The number of carbonyl (C=O) groups excluding carboxylic acids is 2. The molecule has 0 saturated carbocycles. The normalized spacial score (nSPS) is 15.9. The van der Waals surface area contributed by atoms with Crippen molar-refractivity contribution in [2.75, 3.05) is 25.1 Å². The third kappa shape index (κ3) is 3.15. The number of hydrogen-bond donors (Lipinski definition) is 1. The predicted molar refractivity (Wildman–Crippen MR) is 108 cm³/mol. The summed E-state index contributed by atoms with van der Waals surface area (Å²) in [6.07, 6.45) is 0. The van der Waals surface area contributed by atoms with E-state index in [0.29, 0.717) is 27.1 Å². The molecule has 0 atom stereocenters. The third-order valence-corrected chi connectivity index (χ3v) is 5.16. The summed E-state index contributed by atoms with van der Waals surface area (Å²) >= 11 is 12.7. The number of nitrogens with zero attached hydrogens (tertiary/aromatic N) is 2. The molecule has 0 saturated heterocycles. The first-order valence-electron chi connectivity index (χ1n) is 8.47. The number of halogens is 2. The topological polar surface area (TPSA) is 71.0 Å². The van der Waals surface area contributed by atoms with Crippen LogP contribution in [-0.2, 0) is 14.3 Å². The molecule has 2 aromatic carbocycles. The molecule has 0 aromatic heterocycles. The molecule has 0 unspecified atom stereocenters. The van der Waals surface area contributed by atoms with Crippen molar-refractivity contribution >= 4 is 46.5 Å². The predicted octanol–water partition coefficient (Wildman–Crippen LogP) is 3.17. The van der Waals surface area contributed by atoms with Gasteiger partial charge in [-0.15, -0.1) is 0 Å². The molecule has 2 aromatic rings. The summed E-state index contributed by atoms with van der Waals surface area (Å²) in [6, 6.07) is 12.7. The van der Waals surface area contributed by atoms with E-state index in [4.69, 9.17) is 32.9 Å². The Morgan fingerprint density at radius 1 is 1.18 bits per heavy atom. The fraction of sp³-hybridized carbons (Fsp3) is 0.150. The molecule has 0 bridgehead atoms. The van der Waals surface area contributed by atoms with E-state index in [1.165, 1.54) is 7.11 Å². The molecule has 0 aliphatic carbocycles. The van der Waals surface area contributed by atoms with Gasteiger partial charge in [0.2, 0.25) is 5.91 Å². The van der Waals surface area contributed by atoms with E-state index in [-0.39, 0.29) is 24.7 Å². The zero-order valence-corrected chi connectivity index (χ0v) is 16.3. The van der Waals surface area contributed by atoms with Gasteiger partial charge in [0.15, 0.2) is 0 Å². The highest BCUT2D eigenvalue weighted by molar-refractivity contribution is 6.36. The van der Waals surface area contributed by atoms with Crippen LogP contribution in [0, 0.1) is 0 Å². The number of fused-ring (bicyclic) bond motifs is 3. The highest BCUT2D eigenvalue weighted by Gasteiger charge is 2.34. The minimum atomic E-state index is -0.625. The Morgan fingerprint density at radius 2 is 1.96 bits per heavy atom. The van der Waals surface area contributed by atoms with Gasteiger partial charge in [-0.2, -0.15) is 0 Å². The Kier molecular flexibility index (Phi) is 4.83. The van der Waals surface area contributed by atoms with Gasteiger partial charge in [-0.1, -0.05) is 41.4 Å². The molecule has 0 fully saturated rings. The lowest BCUT2D eigenvalue weighted by molar-refractivity contribution is -0.138. The van der Waals surface area contributed by atoms with E-state index in [1.54, 1.807) is 23.1 Å². The van der Waals surface area contributed by atoms with E-state index >= 15 is 0 Å². The molecule has 2 heterocycles. The van der Waals surface area contributed by atoms with Gasteiger partial charge in [-0.3, -0.25) is 9.79 Å². The lowest BCUT2D eigenvalue weighted by atomic mass is 10.00. The second-order valence-corrected chi connectivity index (χ2v) is 7.10. The van der Waals surface area contributed by atoms with Crippen LogP contribution in [0.5, 0.6) is 0 Å². The Balaban J connectivity index is 1.98. The zero-order valence-electron chi connectivity index (χ0n) is 14.8. The minimum absolute atomic E-state index is 0.0514. The monoisotopic (exact) mass is 415 g/mol. The van der Waals surface area contributed by atoms with Crippen LogP contribution in [0.15, 0.2) is 58.9 Å². The van der Waals surface area contributed by atoms with Crippen molar-refractivity contribution < 1.29 is 14.3 Å². The molecule has 1 amide bonds. The van der Waals surface area contributed by atoms with Crippen LogP contribution in [0.25, 0.3) is 0 Å². The van der Waals surface area contributed by atoms with Crippen LogP contribution in [0.1, 0.15) is 11.1 Å². The summed E-state index contributed by atoms with van der Waals surface area (Å²) in [5.74, 6) is -0.939. The maximum Gasteiger partial charge on any atom is 0.356 e. The Morgan fingerprint density at radius 3 is 2.71 bits per heavy atom. The summed E-state index contributed by atoms with van der Waals surface area (Å²) in [5, 5.41) is 3.68. The Labute approximate surface area is 171 Å². The van der Waals surface area contributed by atoms with Crippen molar-refractivity contribution in [3.05, 3.63) is 75.0 Å². The van der Waals surface area contributed by atoms with E-state index in [2.05, 4.69) is 5.32 Å². The number of benzene rings is 2. The fourth-order valence-electron chi connectivity index (χ4n) is 3.35. The minimum Gasteiger partial charge on any atom is -0.464 e. The lowest BCUT2D eigenvalue weighted by Crippen LogP contribution is -2.46. The number of hydrogen-bond acceptors (Lipinski definition) is 5. The smallest absolute Gasteiger partial charge is 0.356 e. The van der Waals surface area contributed by atoms with Crippen LogP contribution in [0.2, 0.25) is 10.0 Å². The largest absolute Gasteiger partial charge is 0.464 e. The van der Waals surface area contributed by atoms with Crippen molar-refractivity contribution in [3.63, 3.8) is 0 Å². The molecule has 1 N–H and O–H groups in total. The van der Waals surface area contributed by atoms with Gasteiger partial charge in [0.25, 0.3) is 0 Å². The van der Waals surface area contributed by atoms with Crippen LogP contribution in [-0.4, -0.2) is 37.8 Å². The molecular formula is C20H15Cl2N3O3. The van der Waals surface area contributed by atoms with Crippen LogP contribution in [0.3, 0.4) is 0 Å². The van der Waals surface area contributed by atoms with Crippen molar-refractivity contribution in [2.24, 2.45) is 4.99 Å². The quantitative estimate of drug-likeness (QED) is 0.764. The number of ether oxygens (including phenoxy) is 1. The SMILES string of the molecule is COC(=O)C1=C2CN=C(c3ccccc3Cl)c3cc(Cl)ccc3N2CC(=O)N1. The Hall–Kier alpha value is -2.83. The van der Waals surface area contributed by atoms with Gasteiger partial charge in [0.1, 0.15) is 12.2 Å². The van der Waals surface area contributed by atoms with E-state index in [0.717, 1.165) is 11.1 Å². The van der Waals surface area contributed by atoms with E-state index < -0.39 is 5.97 Å². The van der Waals surface area contributed by atoms with Crippen molar-refractivity contribution in [1.29, 1.82) is 0 Å². The van der Waals surface area contributed by atoms with Gasteiger partial charge >= 0.3 is 5.97 Å². The maximum absolute atomic E-state index is 12.3. The molecule has 2 aliphatic heterocycles. The average molecular weight is 416 g/mol. The molecule has 2 aliphatic rings. The summed E-state index contributed by atoms with van der Waals surface area (Å²) in [4.78, 5) is 31.0. The van der Waals surface area contributed by atoms with Crippen molar-refractivity contribution in [3.8, 4) is 0 Å². The maximum atomic E-state index is 12.3. The number of rotatable bonds is 2. The molecule has 6 nitrogen and oxygen atoms in total. The number of aliphatic imine (C=N–C) groups is 1. The molecular weight excluding hydrogens is 401 g/mol. The second kappa shape index (κ2) is 7.30. The number of carbonyl (C=O) groups is 2. The first-order chi connectivity index (χ1) is 13.5. The number of anilines is 1. The fourth-order valence-corrected chi connectivity index (χ4v) is 3.74. The highest BCUT2D eigenvalue weighted by Crippen LogP contribution is 2.35. The summed E-state index contributed by atoms with van der Waals surface area (Å²) in [6.45, 7) is 0.216. The lowest BCUT2D eigenvalue weighted by Gasteiger charge is -2.32. The number of amides is 1. The van der Waals surface area contributed by atoms with Crippen LogP contribution >= 0.6 is 23.2 Å². The summed E-state index contributed by atoms with van der Waals surface area (Å²) in [5.41, 5.74) is 3.47. The first kappa shape index (κ1) is 18.5. The van der Waals surface area contributed by atoms with E-state index in [9.17, 15) is 9.59 Å². The Bertz CT molecular complexity index is 1060. The van der Waals surface area contributed by atoms with Gasteiger partial charge in [-0.05, 0) is 24.3 Å². The average Bonchev–Trinajstić information content (AvgIpc) is 2.84. The molecule has 4 rings (SSSR count). The molecule has 8 heteroatoms. The standard InChI is InChI=1S/C20H15Cl2N3O3/c1-28-20(27)19-16-9-23-18(12-4-2-3-5-14(12)22)13-8-11(21)6-7-15(13)25(16)10-17(26)24-19/h2-8H,9-10H2,1H3,(H,24,26). The van der Waals surface area contributed by atoms with Crippen molar-refractivity contribution in [1.82, 2.24) is 5.32 Å². The van der Waals surface area contributed by atoms with Gasteiger partial charge in [-0.25, -0.2) is 4.79 Å². The second-order valence-electron chi connectivity index (χ2n) is 6.25. The number of esters is 1. The zero-order chi connectivity index (χ0) is 19.8. The number of nitrogens with one attached hydrogen (secondary N) is 1. The van der Waals surface area contributed by atoms with Crippen LogP contribution < -0.4 is 10.2 Å².